The van der Waals surface area contributed by atoms with E-state index in [4.69, 9.17) is 4.74 Å². The van der Waals surface area contributed by atoms with Crippen LogP contribution in [0.5, 0.6) is 0 Å². The standard InChI is InChI=1S/C12H22N2O2/c1-5-14-8-10(7-13-14)6-11(15)12(16-4)9(2)3/h7-9,11-12,15H,5-6H2,1-4H3. The largest absolute Gasteiger partial charge is 0.390 e. The molecular formula is C12H22N2O2. The van der Waals surface area contributed by atoms with Crippen LogP contribution < -0.4 is 0 Å². The highest BCUT2D eigenvalue weighted by Crippen LogP contribution is 2.14. The molecule has 0 aliphatic heterocycles. The average molecular weight is 226 g/mol. The molecule has 1 aromatic rings. The van der Waals surface area contributed by atoms with Gasteiger partial charge in [0.15, 0.2) is 0 Å². The Morgan fingerprint density at radius 2 is 2.19 bits per heavy atom. The molecule has 1 rings (SSSR count). The predicted octanol–water partition coefficient (Wildman–Crippen LogP) is 1.48. The van der Waals surface area contributed by atoms with Gasteiger partial charge in [0.2, 0.25) is 0 Å². The first-order valence-corrected chi connectivity index (χ1v) is 5.80. The van der Waals surface area contributed by atoms with Gasteiger partial charge in [0.25, 0.3) is 0 Å². The van der Waals surface area contributed by atoms with Gasteiger partial charge in [-0.15, -0.1) is 0 Å². The maximum atomic E-state index is 10.1. The number of rotatable bonds is 6. The molecule has 1 N–H and O–H groups in total. The lowest BCUT2D eigenvalue weighted by molar-refractivity contribution is -0.0368. The molecule has 16 heavy (non-hydrogen) atoms. The van der Waals surface area contributed by atoms with Crippen LogP contribution in [0.25, 0.3) is 0 Å². The van der Waals surface area contributed by atoms with Gasteiger partial charge in [0.05, 0.1) is 18.4 Å². The van der Waals surface area contributed by atoms with Gasteiger partial charge >= 0.3 is 0 Å². The quantitative estimate of drug-likeness (QED) is 0.799. The molecule has 1 aromatic heterocycles. The van der Waals surface area contributed by atoms with Crippen molar-refractivity contribution in [1.82, 2.24) is 9.78 Å². The lowest BCUT2D eigenvalue weighted by atomic mass is 9.97. The third-order valence-corrected chi connectivity index (χ3v) is 2.76. The smallest absolute Gasteiger partial charge is 0.0856 e. The van der Waals surface area contributed by atoms with Crippen molar-refractivity contribution in [2.45, 2.75) is 45.9 Å². The maximum absolute atomic E-state index is 10.1. The predicted molar refractivity (Wildman–Crippen MR) is 63.2 cm³/mol. The Labute approximate surface area is 97.2 Å². The zero-order valence-electron chi connectivity index (χ0n) is 10.6. The van der Waals surface area contributed by atoms with Crippen molar-refractivity contribution in [3.05, 3.63) is 18.0 Å². The van der Waals surface area contributed by atoms with Gasteiger partial charge in [0.1, 0.15) is 0 Å². The van der Waals surface area contributed by atoms with Crippen molar-refractivity contribution in [3.63, 3.8) is 0 Å². The summed E-state index contributed by atoms with van der Waals surface area (Å²) in [7, 11) is 1.64. The monoisotopic (exact) mass is 226 g/mol. The molecule has 0 amide bonds. The molecule has 0 saturated heterocycles. The molecule has 0 aromatic carbocycles. The fourth-order valence-corrected chi connectivity index (χ4v) is 1.92. The molecule has 4 heteroatoms. The van der Waals surface area contributed by atoms with Gasteiger partial charge in [0, 0.05) is 26.3 Å². The van der Waals surface area contributed by atoms with Gasteiger partial charge in [-0.3, -0.25) is 4.68 Å². The molecule has 0 fully saturated rings. The van der Waals surface area contributed by atoms with E-state index >= 15 is 0 Å². The minimum absolute atomic E-state index is 0.120. The minimum atomic E-state index is -0.473. The number of aryl methyl sites for hydroxylation is 1. The molecule has 0 bridgehead atoms. The summed E-state index contributed by atoms with van der Waals surface area (Å²) in [5.74, 6) is 0.307. The molecular weight excluding hydrogens is 204 g/mol. The molecule has 4 nitrogen and oxygen atoms in total. The van der Waals surface area contributed by atoms with Crippen LogP contribution in [0.2, 0.25) is 0 Å². The molecule has 2 unspecified atom stereocenters. The van der Waals surface area contributed by atoms with E-state index < -0.39 is 6.10 Å². The summed E-state index contributed by atoms with van der Waals surface area (Å²) < 4.78 is 7.16. The first-order valence-electron chi connectivity index (χ1n) is 5.80. The molecule has 0 spiro atoms. The molecule has 92 valence electrons. The Morgan fingerprint density at radius 3 is 2.62 bits per heavy atom. The molecule has 0 saturated carbocycles. The normalized spacial score (nSPS) is 15.4. The highest BCUT2D eigenvalue weighted by molar-refractivity contribution is 5.06. The Balaban J connectivity index is 2.58. The summed E-state index contributed by atoms with van der Waals surface area (Å²) in [4.78, 5) is 0. The lowest BCUT2D eigenvalue weighted by Crippen LogP contribution is -2.34. The summed E-state index contributed by atoms with van der Waals surface area (Å²) in [6, 6.07) is 0. The van der Waals surface area contributed by atoms with Crippen molar-refractivity contribution in [1.29, 1.82) is 0 Å². The molecule has 0 aliphatic rings. The van der Waals surface area contributed by atoms with E-state index in [1.54, 1.807) is 13.3 Å². The van der Waals surface area contributed by atoms with Crippen LogP contribution in [-0.2, 0) is 17.7 Å². The van der Waals surface area contributed by atoms with Crippen molar-refractivity contribution < 1.29 is 9.84 Å². The Bertz CT molecular complexity index is 310. The van der Waals surface area contributed by atoms with Gasteiger partial charge in [-0.2, -0.15) is 5.10 Å². The fraction of sp³-hybridized carbons (Fsp3) is 0.750. The van der Waals surface area contributed by atoms with Gasteiger partial charge in [-0.05, 0) is 18.4 Å². The van der Waals surface area contributed by atoms with E-state index in [2.05, 4.69) is 5.10 Å². The number of aromatic nitrogens is 2. The van der Waals surface area contributed by atoms with Gasteiger partial charge in [-0.25, -0.2) is 0 Å². The second kappa shape index (κ2) is 6.01. The van der Waals surface area contributed by atoms with Crippen LogP contribution in [-0.4, -0.2) is 34.2 Å². The molecule has 0 aliphatic carbocycles. The van der Waals surface area contributed by atoms with E-state index in [0.29, 0.717) is 12.3 Å². The lowest BCUT2D eigenvalue weighted by Gasteiger charge is -2.24. The maximum Gasteiger partial charge on any atom is 0.0856 e. The summed E-state index contributed by atoms with van der Waals surface area (Å²) in [5, 5.41) is 14.2. The fourth-order valence-electron chi connectivity index (χ4n) is 1.92. The third-order valence-electron chi connectivity index (χ3n) is 2.76. The van der Waals surface area contributed by atoms with Crippen LogP contribution in [0, 0.1) is 5.92 Å². The minimum Gasteiger partial charge on any atom is -0.390 e. The number of aliphatic hydroxyl groups is 1. The number of hydrogen-bond donors (Lipinski definition) is 1. The summed E-state index contributed by atoms with van der Waals surface area (Å²) in [6.45, 7) is 6.99. The molecule has 1 heterocycles. The van der Waals surface area contributed by atoms with Crippen molar-refractivity contribution >= 4 is 0 Å². The SMILES string of the molecule is CCn1cc(CC(O)C(OC)C(C)C)cn1. The number of aliphatic hydroxyl groups excluding tert-OH is 1. The van der Waals surface area contributed by atoms with Crippen LogP contribution in [0.4, 0.5) is 0 Å². The summed E-state index contributed by atoms with van der Waals surface area (Å²) in [6.07, 6.45) is 3.77. The van der Waals surface area contributed by atoms with Crippen LogP contribution in [0.1, 0.15) is 26.3 Å². The Kier molecular flexibility index (Phi) is 4.96. The van der Waals surface area contributed by atoms with E-state index in [0.717, 1.165) is 12.1 Å². The number of methoxy groups -OCH3 is 1. The van der Waals surface area contributed by atoms with Gasteiger partial charge in [-0.1, -0.05) is 13.8 Å². The number of nitrogens with zero attached hydrogens (tertiary/aromatic N) is 2. The second-order valence-electron chi connectivity index (χ2n) is 4.42. The number of hydrogen-bond acceptors (Lipinski definition) is 3. The first-order chi connectivity index (χ1) is 7.58. The highest BCUT2D eigenvalue weighted by Gasteiger charge is 2.22. The Hall–Kier alpha value is -0.870. The van der Waals surface area contributed by atoms with Crippen LogP contribution >= 0.6 is 0 Å². The zero-order valence-corrected chi connectivity index (χ0v) is 10.6. The third kappa shape index (κ3) is 3.32. The van der Waals surface area contributed by atoms with Crippen molar-refractivity contribution in [2.75, 3.05) is 7.11 Å². The van der Waals surface area contributed by atoms with Crippen molar-refractivity contribution in [3.8, 4) is 0 Å². The zero-order chi connectivity index (χ0) is 12.1. The average Bonchev–Trinajstić information content (AvgIpc) is 2.65. The van der Waals surface area contributed by atoms with E-state index in [1.165, 1.54) is 0 Å². The van der Waals surface area contributed by atoms with E-state index in [9.17, 15) is 5.11 Å². The van der Waals surface area contributed by atoms with Crippen LogP contribution in [0.15, 0.2) is 12.4 Å². The molecule has 2 atom stereocenters. The highest BCUT2D eigenvalue weighted by atomic mass is 16.5. The van der Waals surface area contributed by atoms with Crippen molar-refractivity contribution in [2.24, 2.45) is 5.92 Å². The summed E-state index contributed by atoms with van der Waals surface area (Å²) >= 11 is 0. The van der Waals surface area contributed by atoms with Gasteiger partial charge < -0.3 is 9.84 Å². The first kappa shape index (κ1) is 13.2. The Morgan fingerprint density at radius 1 is 1.50 bits per heavy atom. The number of ether oxygens (including phenoxy) is 1. The molecule has 0 radical (unpaired) electrons. The summed E-state index contributed by atoms with van der Waals surface area (Å²) in [5.41, 5.74) is 1.05. The van der Waals surface area contributed by atoms with E-state index in [1.807, 2.05) is 31.6 Å². The second-order valence-corrected chi connectivity index (χ2v) is 4.42. The van der Waals surface area contributed by atoms with E-state index in [-0.39, 0.29) is 6.10 Å². The topological polar surface area (TPSA) is 47.3 Å². The van der Waals surface area contributed by atoms with Crippen LogP contribution in [0.3, 0.4) is 0 Å².